The predicted octanol–water partition coefficient (Wildman–Crippen LogP) is -2.95. The molecule has 0 aliphatic heterocycles. The van der Waals surface area contributed by atoms with Gasteiger partial charge < -0.3 is 20.5 Å². The van der Waals surface area contributed by atoms with Gasteiger partial charge >= 0.3 is 40.1 Å². The van der Waals surface area contributed by atoms with E-state index in [9.17, 15) is 0 Å². The van der Waals surface area contributed by atoms with Gasteiger partial charge in [-0.2, -0.15) is 0 Å². The third-order valence-electron chi connectivity index (χ3n) is 0. The van der Waals surface area contributed by atoms with Crippen LogP contribution in [0.25, 0.3) is 0 Å². The van der Waals surface area contributed by atoms with Gasteiger partial charge in [0.05, 0.1) is 0 Å². The van der Waals surface area contributed by atoms with Crippen molar-refractivity contribution in [3.05, 3.63) is 0 Å². The van der Waals surface area contributed by atoms with E-state index in [-0.39, 0.29) is 45.6 Å². The van der Waals surface area contributed by atoms with Crippen LogP contribution in [0.2, 0.25) is 0 Å². The van der Waals surface area contributed by atoms with Crippen LogP contribution >= 0.6 is 0 Å². The van der Waals surface area contributed by atoms with Crippen LogP contribution in [0.15, 0.2) is 0 Å². The van der Waals surface area contributed by atoms with Gasteiger partial charge in [-0.05, 0) is 6.16 Å². The van der Waals surface area contributed by atoms with Crippen LogP contribution in [0.4, 0.5) is 4.79 Å². The topological polar surface area (TPSA) is 91.7 Å². The molecule has 0 aliphatic rings. The molecule has 0 saturated heterocycles. The van der Waals surface area contributed by atoms with Crippen molar-refractivity contribution in [3.8, 4) is 0 Å². The molecule has 0 aromatic rings. The summed E-state index contributed by atoms with van der Waals surface area (Å²) < 4.78 is 0. The first-order valence-corrected chi connectivity index (χ1v) is 0.612. The fraction of sp³-hybridized carbons (Fsp3) is 0. The first kappa shape index (κ1) is 25.8. The average Bonchev–Trinajstić information content (AvgIpc) is 0.811. The van der Waals surface area contributed by atoms with E-state index < -0.39 is 6.16 Å². The van der Waals surface area contributed by atoms with E-state index in [0.29, 0.717) is 0 Å². The van der Waals surface area contributed by atoms with Gasteiger partial charge in [0.1, 0.15) is 0 Å². The van der Waals surface area contributed by atoms with Crippen molar-refractivity contribution in [2.24, 2.45) is 0 Å². The zero-order valence-electron chi connectivity index (χ0n) is 3.14. The fourth-order valence-corrected chi connectivity index (χ4v) is 0. The second-order valence-corrected chi connectivity index (χ2v) is 0.250. The van der Waals surface area contributed by atoms with Crippen molar-refractivity contribution < 1.29 is 37.6 Å². The number of carbonyl (C=O) groups is 1. The second-order valence-electron chi connectivity index (χ2n) is 0.250. The van der Waals surface area contributed by atoms with Crippen LogP contribution in [0.5, 0.6) is 0 Å². The fourth-order valence-electron chi connectivity index (χ4n) is 0. The van der Waals surface area contributed by atoms with Crippen molar-refractivity contribution >= 4 is 29.2 Å². The molecule has 0 aromatic heterocycles. The minimum atomic E-state index is -2.33. The number of rotatable bonds is 0. The molecular weight excluding hydrogens is 164 g/mol. The third-order valence-corrected chi connectivity index (χ3v) is 0. The average molecular weight is 164 g/mol. The van der Waals surface area contributed by atoms with E-state index in [1.807, 2.05) is 0 Å². The van der Waals surface area contributed by atoms with E-state index in [4.69, 9.17) is 15.0 Å². The summed E-state index contributed by atoms with van der Waals surface area (Å²) in [7, 11) is 0. The SMILES string of the molecule is O=C([O-])[O-].[Cu+2].[Mg+2].[O-2]. The molecule has 0 bridgehead atoms. The summed E-state index contributed by atoms with van der Waals surface area (Å²) in [6.07, 6.45) is -2.33. The maximum atomic E-state index is 8.33. The first-order valence-electron chi connectivity index (χ1n) is 0.612. The molecule has 0 N–H and O–H groups in total. The molecule has 6 heteroatoms. The summed E-state index contributed by atoms with van der Waals surface area (Å²) in [5.41, 5.74) is 0. The quantitative estimate of drug-likeness (QED) is 0.358. The Bertz CT molecular complexity index is 34.7. The van der Waals surface area contributed by atoms with Gasteiger partial charge in [0.2, 0.25) is 0 Å². The molecule has 0 unspecified atom stereocenters. The first-order chi connectivity index (χ1) is 1.73. The summed E-state index contributed by atoms with van der Waals surface area (Å²) in [5, 5.41) is 16.7. The summed E-state index contributed by atoms with van der Waals surface area (Å²) in [6, 6.07) is 0. The molecule has 0 rings (SSSR count). The Balaban J connectivity index is -0.0000000150. The Morgan fingerprint density at radius 1 is 1.29 bits per heavy atom. The summed E-state index contributed by atoms with van der Waals surface area (Å²) >= 11 is 0. The second kappa shape index (κ2) is 16.0. The largest absolute Gasteiger partial charge is 2.00 e. The predicted molar refractivity (Wildman–Crippen MR) is 11.8 cm³/mol. The van der Waals surface area contributed by atoms with E-state index in [1.54, 1.807) is 0 Å². The zero-order valence-corrected chi connectivity index (χ0v) is 5.50. The molecule has 0 aromatic carbocycles. The molecule has 41 valence electrons. The molecule has 4 nitrogen and oxygen atoms in total. The molecule has 0 saturated carbocycles. The van der Waals surface area contributed by atoms with E-state index >= 15 is 0 Å². The van der Waals surface area contributed by atoms with Crippen molar-refractivity contribution in [1.82, 2.24) is 0 Å². The van der Waals surface area contributed by atoms with Crippen LogP contribution in [-0.4, -0.2) is 29.2 Å². The molecule has 1 radical (unpaired) electrons. The van der Waals surface area contributed by atoms with E-state index in [0.717, 1.165) is 0 Å². The smallest absolute Gasteiger partial charge is 2.00 e. The van der Waals surface area contributed by atoms with Crippen molar-refractivity contribution in [3.63, 3.8) is 0 Å². The molecule has 0 amide bonds. The molecule has 0 spiro atoms. The molecule has 0 heterocycles. The van der Waals surface area contributed by atoms with Gasteiger partial charge in [0.25, 0.3) is 0 Å². The van der Waals surface area contributed by atoms with Crippen LogP contribution in [-0.2, 0) is 22.5 Å². The van der Waals surface area contributed by atoms with Crippen molar-refractivity contribution in [2.45, 2.75) is 0 Å². The zero-order chi connectivity index (χ0) is 3.58. The molecule has 7 heavy (non-hydrogen) atoms. The Labute approximate surface area is 66.8 Å². The van der Waals surface area contributed by atoms with Crippen molar-refractivity contribution in [1.29, 1.82) is 0 Å². The number of carbonyl (C=O) groups excluding carboxylic acids is 1. The number of carboxylic acid groups (broad SMARTS) is 2. The number of hydrogen-bond acceptors (Lipinski definition) is 3. The minimum Gasteiger partial charge on any atom is -2.00 e. The maximum absolute atomic E-state index is 8.33. The molecule has 0 aliphatic carbocycles. The van der Waals surface area contributed by atoms with E-state index in [1.165, 1.54) is 0 Å². The van der Waals surface area contributed by atoms with Gasteiger partial charge in [0, 0.05) is 0 Å². The van der Waals surface area contributed by atoms with Gasteiger partial charge in [-0.25, -0.2) is 0 Å². The summed E-state index contributed by atoms with van der Waals surface area (Å²) in [5.74, 6) is 0. The summed E-state index contributed by atoms with van der Waals surface area (Å²) in [4.78, 5) is 8.33. The monoisotopic (exact) mass is 163 g/mol. The Morgan fingerprint density at radius 2 is 1.29 bits per heavy atom. The van der Waals surface area contributed by atoms with Crippen LogP contribution in [0.1, 0.15) is 0 Å². The molecule has 0 fully saturated rings. The Morgan fingerprint density at radius 3 is 1.29 bits per heavy atom. The number of hydrogen-bond donors (Lipinski definition) is 0. The third kappa shape index (κ3) is 500. The standard InChI is InChI=1S/CH2O3.Cu.Mg.O/c2-1(3)4;;;/h(H2,2,3,4);;;/q;2*+2;-2/p-2. The Kier molecular flexibility index (Phi) is 59.1. The molecular formula is CCuMgO4. The van der Waals surface area contributed by atoms with E-state index in [2.05, 4.69) is 0 Å². The Hall–Kier alpha value is 0.516. The van der Waals surface area contributed by atoms with Crippen molar-refractivity contribution in [2.75, 3.05) is 0 Å². The summed E-state index contributed by atoms with van der Waals surface area (Å²) in [6.45, 7) is 0. The normalized spacial score (nSPS) is 3.43. The van der Waals surface area contributed by atoms with Gasteiger partial charge in [-0.15, -0.1) is 0 Å². The minimum absolute atomic E-state index is 0. The van der Waals surface area contributed by atoms with Crippen LogP contribution in [0, 0.1) is 0 Å². The van der Waals surface area contributed by atoms with Crippen LogP contribution < -0.4 is 10.2 Å². The van der Waals surface area contributed by atoms with Gasteiger partial charge in [-0.3, -0.25) is 0 Å². The van der Waals surface area contributed by atoms with Crippen LogP contribution in [0.3, 0.4) is 0 Å². The van der Waals surface area contributed by atoms with Gasteiger partial charge in [0.15, 0.2) is 0 Å². The molecule has 0 atom stereocenters. The maximum Gasteiger partial charge on any atom is 2.00 e. The van der Waals surface area contributed by atoms with Gasteiger partial charge in [-0.1, -0.05) is 0 Å².